The Kier molecular flexibility index (Phi) is 6.27. The second-order valence-corrected chi connectivity index (χ2v) is 7.27. The van der Waals surface area contributed by atoms with Gasteiger partial charge in [-0.2, -0.15) is 0 Å². The van der Waals surface area contributed by atoms with Gasteiger partial charge < -0.3 is 15.2 Å². The lowest BCUT2D eigenvalue weighted by atomic mass is 9.85. The number of amides is 1. The van der Waals surface area contributed by atoms with Crippen LogP contribution in [0, 0.1) is 11.8 Å². The Hall–Kier alpha value is -1.39. The van der Waals surface area contributed by atoms with Gasteiger partial charge in [-0.3, -0.25) is 4.79 Å². The van der Waals surface area contributed by atoms with Gasteiger partial charge in [0.15, 0.2) is 0 Å². The number of carbonyl (C=O) groups is 1. The van der Waals surface area contributed by atoms with Crippen molar-refractivity contribution in [3.05, 3.63) is 35.9 Å². The Morgan fingerprint density at radius 3 is 2.42 bits per heavy atom. The summed E-state index contributed by atoms with van der Waals surface area (Å²) in [7, 11) is 0. The summed E-state index contributed by atoms with van der Waals surface area (Å²) in [4.78, 5) is 12.7. The molecule has 2 aliphatic rings. The van der Waals surface area contributed by atoms with E-state index in [-0.39, 0.29) is 24.0 Å². The number of hydrogen-bond donors (Lipinski definition) is 2. The molecule has 1 saturated carbocycles. The first-order chi connectivity index (χ1) is 11.7. The van der Waals surface area contributed by atoms with E-state index in [0.717, 1.165) is 58.2 Å². The molecule has 132 valence electrons. The van der Waals surface area contributed by atoms with Crippen LogP contribution in [0.25, 0.3) is 0 Å². The van der Waals surface area contributed by atoms with E-state index in [9.17, 15) is 9.90 Å². The van der Waals surface area contributed by atoms with E-state index in [4.69, 9.17) is 4.74 Å². The van der Waals surface area contributed by atoms with Crippen LogP contribution < -0.4 is 5.32 Å². The Balaban J connectivity index is 1.64. The smallest absolute Gasteiger partial charge is 0.223 e. The molecule has 2 fully saturated rings. The summed E-state index contributed by atoms with van der Waals surface area (Å²) in [6.07, 6.45) is 6.00. The fourth-order valence-electron chi connectivity index (χ4n) is 3.91. The van der Waals surface area contributed by atoms with Crippen LogP contribution in [0.3, 0.4) is 0 Å². The molecule has 3 rings (SSSR count). The van der Waals surface area contributed by atoms with Crippen LogP contribution in [0.15, 0.2) is 30.3 Å². The molecule has 1 aromatic carbocycles. The van der Waals surface area contributed by atoms with Gasteiger partial charge >= 0.3 is 0 Å². The van der Waals surface area contributed by atoms with Crippen molar-refractivity contribution >= 4 is 5.91 Å². The molecule has 1 aromatic rings. The molecular weight excluding hydrogens is 302 g/mol. The molecular formula is C20H29NO3. The van der Waals surface area contributed by atoms with Gasteiger partial charge in [0, 0.05) is 19.1 Å². The van der Waals surface area contributed by atoms with Gasteiger partial charge in [0.2, 0.25) is 5.91 Å². The number of hydrogen-bond acceptors (Lipinski definition) is 3. The third-order valence-corrected chi connectivity index (χ3v) is 5.50. The molecule has 4 heteroatoms. The molecule has 1 aliphatic heterocycles. The van der Waals surface area contributed by atoms with Crippen molar-refractivity contribution < 1.29 is 14.6 Å². The number of carbonyl (C=O) groups excluding carboxylic acids is 1. The van der Waals surface area contributed by atoms with Crippen LogP contribution in [0.4, 0.5) is 0 Å². The first-order valence-corrected chi connectivity index (χ1v) is 9.33. The number of aliphatic hydroxyl groups is 1. The maximum atomic E-state index is 12.7. The zero-order valence-electron chi connectivity index (χ0n) is 14.3. The summed E-state index contributed by atoms with van der Waals surface area (Å²) >= 11 is 0. The largest absolute Gasteiger partial charge is 0.393 e. The van der Waals surface area contributed by atoms with E-state index in [2.05, 4.69) is 17.4 Å². The second kappa shape index (κ2) is 8.63. The molecule has 1 aliphatic carbocycles. The Morgan fingerprint density at radius 1 is 1.08 bits per heavy atom. The number of nitrogens with one attached hydrogen (secondary N) is 1. The van der Waals surface area contributed by atoms with Crippen LogP contribution in [0.2, 0.25) is 0 Å². The van der Waals surface area contributed by atoms with E-state index < -0.39 is 0 Å². The van der Waals surface area contributed by atoms with Crippen molar-refractivity contribution in [2.24, 2.45) is 11.8 Å². The lowest BCUT2D eigenvalue weighted by Crippen LogP contribution is -2.37. The summed E-state index contributed by atoms with van der Waals surface area (Å²) in [5.41, 5.74) is 1.19. The average molecular weight is 331 g/mol. The normalized spacial score (nSPS) is 26.7. The van der Waals surface area contributed by atoms with E-state index in [1.165, 1.54) is 5.56 Å². The fourth-order valence-corrected chi connectivity index (χ4v) is 3.91. The molecule has 1 amide bonds. The van der Waals surface area contributed by atoms with Gasteiger partial charge in [-0.05, 0) is 56.4 Å². The van der Waals surface area contributed by atoms with Gasteiger partial charge in [0.1, 0.15) is 0 Å². The molecule has 0 spiro atoms. The molecule has 1 heterocycles. The minimum Gasteiger partial charge on any atom is -0.393 e. The highest BCUT2D eigenvalue weighted by Crippen LogP contribution is 2.30. The number of ether oxygens (including phenoxy) is 1. The van der Waals surface area contributed by atoms with E-state index in [1.807, 2.05) is 18.2 Å². The highest BCUT2D eigenvalue weighted by Gasteiger charge is 2.28. The van der Waals surface area contributed by atoms with Gasteiger partial charge in [-0.25, -0.2) is 0 Å². The summed E-state index contributed by atoms with van der Waals surface area (Å²) < 4.78 is 5.46. The Bertz CT molecular complexity index is 505. The predicted octanol–water partition coefficient (Wildman–Crippen LogP) is 3.21. The van der Waals surface area contributed by atoms with E-state index in [0.29, 0.717) is 5.92 Å². The van der Waals surface area contributed by atoms with Gasteiger partial charge in [0.05, 0.1) is 12.1 Å². The third-order valence-electron chi connectivity index (χ3n) is 5.50. The lowest BCUT2D eigenvalue weighted by molar-refractivity contribution is -0.127. The highest BCUT2D eigenvalue weighted by atomic mass is 16.5. The molecule has 2 N–H and O–H groups in total. The molecule has 1 atom stereocenters. The van der Waals surface area contributed by atoms with E-state index in [1.54, 1.807) is 0 Å². The van der Waals surface area contributed by atoms with Crippen LogP contribution >= 0.6 is 0 Å². The lowest BCUT2D eigenvalue weighted by Gasteiger charge is -2.30. The predicted molar refractivity (Wildman–Crippen MR) is 93.5 cm³/mol. The zero-order chi connectivity index (χ0) is 16.8. The Labute approximate surface area is 144 Å². The van der Waals surface area contributed by atoms with Crippen LogP contribution in [-0.2, 0) is 9.53 Å². The van der Waals surface area contributed by atoms with E-state index >= 15 is 0 Å². The van der Waals surface area contributed by atoms with Crippen LogP contribution in [0.5, 0.6) is 0 Å². The Morgan fingerprint density at radius 2 is 1.75 bits per heavy atom. The molecule has 24 heavy (non-hydrogen) atoms. The zero-order valence-corrected chi connectivity index (χ0v) is 14.3. The number of aliphatic hydroxyl groups excluding tert-OH is 1. The minimum absolute atomic E-state index is 0.0503. The van der Waals surface area contributed by atoms with Gasteiger partial charge in [-0.15, -0.1) is 0 Å². The van der Waals surface area contributed by atoms with Gasteiger partial charge in [-0.1, -0.05) is 30.3 Å². The van der Waals surface area contributed by atoms with Crippen molar-refractivity contribution in [1.82, 2.24) is 5.32 Å². The maximum absolute atomic E-state index is 12.7. The minimum atomic E-state index is -0.221. The molecule has 1 saturated heterocycles. The summed E-state index contributed by atoms with van der Waals surface area (Å²) in [5, 5.41) is 12.9. The molecule has 0 aromatic heterocycles. The fraction of sp³-hybridized carbons (Fsp3) is 0.650. The molecule has 0 radical (unpaired) electrons. The highest BCUT2D eigenvalue weighted by molar-refractivity contribution is 5.79. The van der Waals surface area contributed by atoms with Crippen molar-refractivity contribution in [2.75, 3.05) is 13.2 Å². The summed E-state index contributed by atoms with van der Waals surface area (Å²) in [5.74, 6) is 0.814. The maximum Gasteiger partial charge on any atom is 0.223 e. The molecule has 0 bridgehead atoms. The molecule has 1 unspecified atom stereocenters. The average Bonchev–Trinajstić information content (AvgIpc) is 2.63. The number of rotatable bonds is 5. The SMILES string of the molecule is O=C(NC(CC1CCOCC1)c1ccccc1)C1CCC(O)CC1. The van der Waals surface area contributed by atoms with Crippen molar-refractivity contribution in [3.63, 3.8) is 0 Å². The van der Waals surface area contributed by atoms with Crippen LogP contribution in [0.1, 0.15) is 56.6 Å². The van der Waals surface area contributed by atoms with Crippen molar-refractivity contribution in [3.8, 4) is 0 Å². The molecule has 4 nitrogen and oxygen atoms in total. The van der Waals surface area contributed by atoms with Crippen molar-refractivity contribution in [2.45, 2.75) is 57.1 Å². The third kappa shape index (κ3) is 4.81. The topological polar surface area (TPSA) is 58.6 Å². The quantitative estimate of drug-likeness (QED) is 0.871. The van der Waals surface area contributed by atoms with Crippen molar-refractivity contribution in [1.29, 1.82) is 0 Å². The summed E-state index contributed by atoms with van der Waals surface area (Å²) in [6.45, 7) is 1.67. The number of benzene rings is 1. The first-order valence-electron chi connectivity index (χ1n) is 9.33. The van der Waals surface area contributed by atoms with Gasteiger partial charge in [0.25, 0.3) is 0 Å². The standard InChI is InChI=1S/C20H29NO3/c22-18-8-6-17(7-9-18)20(23)21-19(16-4-2-1-3-5-16)14-15-10-12-24-13-11-15/h1-5,15,17-19,22H,6-14H2,(H,21,23). The first kappa shape index (κ1) is 17.4. The summed E-state index contributed by atoms with van der Waals surface area (Å²) in [6, 6.07) is 10.4. The second-order valence-electron chi connectivity index (χ2n) is 7.27. The monoisotopic (exact) mass is 331 g/mol. The van der Waals surface area contributed by atoms with Crippen LogP contribution in [-0.4, -0.2) is 30.3 Å².